The van der Waals surface area contributed by atoms with Crippen LogP contribution < -0.4 is 15.9 Å². The maximum absolute atomic E-state index is 9.19. The summed E-state index contributed by atoms with van der Waals surface area (Å²) in [5, 5.41) is 4.31. The summed E-state index contributed by atoms with van der Waals surface area (Å²) < 4.78 is 25.9. The van der Waals surface area contributed by atoms with Crippen molar-refractivity contribution in [3.8, 4) is 11.1 Å². The molecule has 0 aliphatic rings. The molecule has 0 bridgehead atoms. The zero-order valence-corrected chi connectivity index (χ0v) is 24.1. The van der Waals surface area contributed by atoms with Crippen LogP contribution >= 0.6 is 7.92 Å². The number of rotatable bonds is 4. The Kier molecular flexibility index (Phi) is 13.1. The fourth-order valence-electron chi connectivity index (χ4n) is 3.59. The van der Waals surface area contributed by atoms with Crippen molar-refractivity contribution in [3.05, 3.63) is 151 Å². The largest absolute Gasteiger partial charge is 2.00 e. The van der Waals surface area contributed by atoms with Crippen molar-refractivity contribution in [2.75, 3.05) is 6.26 Å². The summed E-state index contributed by atoms with van der Waals surface area (Å²) >= 11 is 0. The predicted octanol–water partition coefficient (Wildman–Crippen LogP) is 6.52. The fraction of sp³-hybridized carbons (Fsp3) is 0.0323. The number of benzene rings is 5. The minimum atomic E-state index is -3.67. The molecule has 5 rings (SSSR count). The Balaban J connectivity index is 0.000000232. The third kappa shape index (κ3) is 10.7. The number of hydrogen-bond donors (Lipinski definition) is 1. The Morgan fingerprint density at radius 3 is 1.37 bits per heavy atom. The summed E-state index contributed by atoms with van der Waals surface area (Å²) in [6.45, 7) is 0. The van der Waals surface area contributed by atoms with E-state index in [4.69, 9.17) is 10.3 Å². The van der Waals surface area contributed by atoms with E-state index in [9.17, 15) is 8.42 Å². The maximum atomic E-state index is 9.19. The molecule has 5 aromatic carbocycles. The normalized spacial score (nSPS) is 10.2. The summed E-state index contributed by atoms with van der Waals surface area (Å²) in [6.07, 6.45) is 0.715. The first-order valence-corrected chi connectivity index (χ1v) is 14.9. The first kappa shape index (κ1) is 31.1. The summed E-state index contributed by atoms with van der Waals surface area (Å²) in [5.74, 6) is 0. The van der Waals surface area contributed by atoms with E-state index < -0.39 is 18.0 Å². The molecule has 0 saturated carbocycles. The molecule has 0 unspecified atom stereocenters. The van der Waals surface area contributed by atoms with Crippen LogP contribution in [-0.4, -0.2) is 19.2 Å². The van der Waals surface area contributed by atoms with Crippen LogP contribution in [0.2, 0.25) is 0 Å². The molecule has 0 aliphatic carbocycles. The third-order valence-corrected chi connectivity index (χ3v) is 7.85. The van der Waals surface area contributed by atoms with Gasteiger partial charge >= 0.3 is 20.4 Å². The third-order valence-electron chi connectivity index (χ3n) is 5.11. The van der Waals surface area contributed by atoms with Crippen molar-refractivity contribution in [1.82, 2.24) is 0 Å². The minimum Gasteiger partial charge on any atom is -0.706 e. The summed E-state index contributed by atoms with van der Waals surface area (Å²) in [5.41, 5.74) is 10.1. The molecule has 0 saturated heterocycles. The van der Waals surface area contributed by atoms with Gasteiger partial charge in [0.2, 0.25) is 0 Å². The van der Waals surface area contributed by atoms with Crippen molar-refractivity contribution in [2.24, 2.45) is 0 Å². The van der Waals surface area contributed by atoms with Gasteiger partial charge in [0.1, 0.15) is 15.9 Å². The molecule has 0 heterocycles. The molecule has 0 spiro atoms. The van der Waals surface area contributed by atoms with E-state index >= 15 is 0 Å². The van der Waals surface area contributed by atoms with E-state index in [0.717, 1.165) is 11.1 Å². The van der Waals surface area contributed by atoms with Crippen LogP contribution in [0, 0.1) is 6.07 Å². The second-order valence-corrected chi connectivity index (χ2v) is 12.0. The molecule has 0 atom stereocenters. The van der Waals surface area contributed by atoms with Crippen molar-refractivity contribution in [1.29, 1.82) is 0 Å². The SMILES string of the molecule is CS(=O)(=O)O.[NH-]c1ccccc1-c1[c-]cccc1.[Pd+2].c1ccc([PH+](c2ccccc2)c2ccccc2)cc1. The minimum absolute atomic E-state index is 0. The monoisotopic (exact) mass is 632 g/mol. The zero-order valence-electron chi connectivity index (χ0n) is 20.8. The quantitative estimate of drug-likeness (QED) is 0.106. The standard InChI is InChI=1S/C18H15P.C12H9N.CH4O3S.Pd/c1-4-10-16(11-5-1)19(17-12-6-2-7-13-17)18-14-8-3-9-15-18;13-12-9-5-4-8-11(12)10-6-2-1-3-7-10;1-5(2,3)4;/h1-15H;1-6,8-9,13H;1H3,(H,2,3,4);/q;-2;;+2/p+1. The summed E-state index contributed by atoms with van der Waals surface area (Å²) in [7, 11) is -4.54. The van der Waals surface area contributed by atoms with Crippen LogP contribution in [0.5, 0.6) is 0 Å². The van der Waals surface area contributed by atoms with Gasteiger partial charge in [-0.2, -0.15) is 14.1 Å². The van der Waals surface area contributed by atoms with Gasteiger partial charge < -0.3 is 5.73 Å². The fourth-order valence-corrected chi connectivity index (χ4v) is 6.17. The van der Waals surface area contributed by atoms with Crippen molar-refractivity contribution in [3.63, 3.8) is 0 Å². The molecule has 0 amide bonds. The van der Waals surface area contributed by atoms with Gasteiger partial charge in [0.15, 0.2) is 0 Å². The predicted molar refractivity (Wildman–Crippen MR) is 159 cm³/mol. The van der Waals surface area contributed by atoms with Crippen LogP contribution in [0.4, 0.5) is 5.69 Å². The molecule has 5 aromatic rings. The van der Waals surface area contributed by atoms with Crippen LogP contribution in [-0.2, 0) is 30.5 Å². The first-order valence-electron chi connectivity index (χ1n) is 11.6. The van der Waals surface area contributed by atoms with Gasteiger partial charge in [0.25, 0.3) is 10.1 Å². The number of nitrogens with one attached hydrogen (secondary N) is 1. The Labute approximate surface area is 240 Å². The topological polar surface area (TPSA) is 78.2 Å². The molecule has 4 nitrogen and oxygen atoms in total. The summed E-state index contributed by atoms with van der Waals surface area (Å²) in [4.78, 5) is 0. The van der Waals surface area contributed by atoms with Gasteiger partial charge in [-0.1, -0.05) is 78.9 Å². The molecular formula is C31H29NO3PPdS+. The molecule has 0 aromatic heterocycles. The van der Waals surface area contributed by atoms with E-state index in [1.54, 1.807) is 6.07 Å². The smallest absolute Gasteiger partial charge is 0.706 e. The first-order chi connectivity index (χ1) is 17.8. The van der Waals surface area contributed by atoms with Crippen LogP contribution in [0.25, 0.3) is 16.9 Å². The average Bonchev–Trinajstić information content (AvgIpc) is 2.91. The van der Waals surface area contributed by atoms with Gasteiger partial charge in [-0.15, -0.1) is 41.5 Å². The zero-order chi connectivity index (χ0) is 26.5. The Morgan fingerprint density at radius 2 is 1.00 bits per heavy atom. The van der Waals surface area contributed by atoms with E-state index in [1.165, 1.54) is 15.9 Å². The molecule has 0 fully saturated rings. The van der Waals surface area contributed by atoms with Crippen LogP contribution in [0.3, 0.4) is 0 Å². The molecule has 196 valence electrons. The second-order valence-electron chi connectivity index (χ2n) is 8.03. The number of hydrogen-bond acceptors (Lipinski definition) is 2. The summed E-state index contributed by atoms with van der Waals surface area (Å²) in [6, 6.07) is 50.9. The van der Waals surface area contributed by atoms with Crippen molar-refractivity contribution < 1.29 is 33.4 Å². The van der Waals surface area contributed by atoms with E-state index in [2.05, 4.69) is 97.1 Å². The Hall–Kier alpha value is -3.10. The van der Waals surface area contributed by atoms with Crippen molar-refractivity contribution >= 4 is 39.6 Å². The van der Waals surface area contributed by atoms with Gasteiger partial charge in [0, 0.05) is 0 Å². The van der Waals surface area contributed by atoms with Gasteiger partial charge in [-0.3, -0.25) is 4.55 Å². The maximum Gasteiger partial charge on any atom is 2.00 e. The Bertz CT molecular complexity index is 1350. The van der Waals surface area contributed by atoms with Gasteiger partial charge in [0.05, 0.1) is 14.2 Å². The molecule has 0 radical (unpaired) electrons. The van der Waals surface area contributed by atoms with Crippen LogP contribution in [0.1, 0.15) is 0 Å². The van der Waals surface area contributed by atoms with Crippen molar-refractivity contribution in [2.45, 2.75) is 0 Å². The molecule has 2 N–H and O–H groups in total. The van der Waals surface area contributed by atoms with Gasteiger partial charge in [-0.05, 0) is 36.4 Å². The second kappa shape index (κ2) is 16.0. The average molecular weight is 633 g/mol. The van der Waals surface area contributed by atoms with E-state index in [-0.39, 0.29) is 20.4 Å². The molecule has 7 heteroatoms. The van der Waals surface area contributed by atoms with E-state index in [1.807, 2.05) is 42.5 Å². The van der Waals surface area contributed by atoms with Crippen LogP contribution in [0.15, 0.2) is 140 Å². The van der Waals surface area contributed by atoms with E-state index in [0.29, 0.717) is 11.9 Å². The molecular weight excluding hydrogens is 604 g/mol. The van der Waals surface area contributed by atoms with Gasteiger partial charge in [-0.25, -0.2) is 0 Å². The Morgan fingerprint density at radius 1 is 0.632 bits per heavy atom. The molecule has 0 aliphatic heterocycles. The molecule has 38 heavy (non-hydrogen) atoms.